The molecule has 2 saturated carbocycles. The van der Waals surface area contributed by atoms with Gasteiger partial charge >= 0.3 is 29.2 Å². The van der Waals surface area contributed by atoms with E-state index in [-0.39, 0.29) is 85.2 Å². The van der Waals surface area contributed by atoms with E-state index in [0.29, 0.717) is 63.8 Å². The van der Waals surface area contributed by atoms with Crippen LogP contribution in [0.5, 0.6) is 23.0 Å². The van der Waals surface area contributed by atoms with E-state index in [1.54, 1.807) is 84.9 Å². The minimum atomic E-state index is -0.596. The quantitative estimate of drug-likeness (QED) is 0.0302. The fourth-order valence-corrected chi connectivity index (χ4v) is 10.1. The molecule has 3 fully saturated rings. The van der Waals surface area contributed by atoms with Gasteiger partial charge in [0, 0.05) is 53.9 Å². The lowest BCUT2D eigenvalue weighted by Crippen LogP contribution is -2.40. The number of ether oxygens (including phenoxy) is 5. The molecule has 2 aromatic heterocycles. The Hall–Kier alpha value is -7.55. The second-order valence-corrected chi connectivity index (χ2v) is 17.4. The van der Waals surface area contributed by atoms with Gasteiger partial charge in [0.2, 0.25) is 11.8 Å². The molecule has 3 aliphatic rings. The third-order valence-electron chi connectivity index (χ3n) is 13.3. The summed E-state index contributed by atoms with van der Waals surface area (Å²) in [6.07, 6.45) is 2.32. The van der Waals surface area contributed by atoms with Crippen molar-refractivity contribution in [3.63, 3.8) is 0 Å². The lowest BCUT2D eigenvalue weighted by atomic mass is 9.67. The Morgan fingerprint density at radius 2 is 1.10 bits per heavy atom. The first-order valence-electron chi connectivity index (χ1n) is 22.4. The third kappa shape index (κ3) is 9.58. The molecule has 15 heteroatoms. The van der Waals surface area contributed by atoms with Crippen molar-refractivity contribution in [1.29, 1.82) is 0 Å². The van der Waals surface area contributed by atoms with Gasteiger partial charge < -0.3 is 32.5 Å². The Morgan fingerprint density at radius 3 is 1.64 bits per heavy atom. The summed E-state index contributed by atoms with van der Waals surface area (Å²) in [5, 5.41) is 1.40. The number of hydrogen-bond acceptors (Lipinski definition) is 14. The van der Waals surface area contributed by atoms with E-state index in [1.807, 2.05) is 6.92 Å². The highest BCUT2D eigenvalue weighted by Crippen LogP contribution is 2.59. The maximum Gasteiger partial charge on any atom is 0.343 e. The van der Waals surface area contributed by atoms with Gasteiger partial charge in [-0.3, -0.25) is 19.3 Å². The monoisotopic (exact) mass is 909 g/mol. The van der Waals surface area contributed by atoms with Gasteiger partial charge in [0.1, 0.15) is 34.2 Å². The van der Waals surface area contributed by atoms with Crippen LogP contribution in [0.25, 0.3) is 21.9 Å². The Labute approximate surface area is 383 Å². The lowest BCUT2D eigenvalue weighted by Gasteiger charge is -2.36. The fraction of sp³-hybridized carbons (Fsp3) is 0.327. The summed E-state index contributed by atoms with van der Waals surface area (Å²) in [4.78, 5) is 90.5. The molecule has 0 spiro atoms. The number of rotatable bonds is 16. The molecule has 4 aromatic carbocycles. The molecule has 2 bridgehead atoms. The second kappa shape index (κ2) is 19.1. The van der Waals surface area contributed by atoms with Crippen LogP contribution < -0.4 is 30.2 Å². The van der Waals surface area contributed by atoms with Crippen molar-refractivity contribution in [2.45, 2.75) is 39.5 Å². The van der Waals surface area contributed by atoms with Crippen LogP contribution in [-0.4, -0.2) is 61.0 Å². The van der Waals surface area contributed by atoms with Crippen molar-refractivity contribution in [2.75, 3.05) is 26.4 Å². The van der Waals surface area contributed by atoms with E-state index in [2.05, 4.69) is 6.92 Å². The van der Waals surface area contributed by atoms with Gasteiger partial charge in [-0.1, -0.05) is 13.8 Å². The lowest BCUT2D eigenvalue weighted by molar-refractivity contribution is -0.152. The van der Waals surface area contributed by atoms with Gasteiger partial charge in [-0.15, -0.1) is 0 Å². The first-order chi connectivity index (χ1) is 32.4. The highest BCUT2D eigenvalue weighted by molar-refractivity contribution is 6.05. The van der Waals surface area contributed by atoms with Crippen molar-refractivity contribution in [3.8, 4) is 23.0 Å². The number of amides is 2. The Bertz CT molecular complexity index is 2970. The molecular weight excluding hydrogens is 863 g/mol. The summed E-state index contributed by atoms with van der Waals surface area (Å²) in [7, 11) is 0. The van der Waals surface area contributed by atoms with E-state index < -0.39 is 35.0 Å². The number of carbonyl (C=O) groups is 5. The van der Waals surface area contributed by atoms with Crippen molar-refractivity contribution in [2.24, 2.45) is 41.4 Å². The van der Waals surface area contributed by atoms with Crippen LogP contribution in [0.3, 0.4) is 0 Å². The third-order valence-corrected chi connectivity index (χ3v) is 13.3. The van der Waals surface area contributed by atoms with E-state index in [1.165, 1.54) is 29.2 Å². The van der Waals surface area contributed by atoms with Crippen molar-refractivity contribution in [1.82, 2.24) is 4.90 Å². The average molecular weight is 910 g/mol. The molecule has 1 aliphatic heterocycles. The topological polar surface area (TPSA) is 195 Å². The number of carbonyl (C=O) groups excluding carboxylic acids is 5. The van der Waals surface area contributed by atoms with Crippen LogP contribution in [0.1, 0.15) is 60.2 Å². The predicted molar refractivity (Wildman–Crippen MR) is 241 cm³/mol. The molecule has 3 heterocycles. The SMILES string of the molecule is CC1C(=O)N(CCCOc2ccc(C(=O)Oc3ccc4ccc(=O)oc4c3)cc2)C(=O)C1C1C(C)[C@@H]2C[C@@H]1CC2C(=O)OCCCOc1ccc(C(=O)Oc2ccc3ccc(=O)oc3c2)cc1. The molecule has 6 aromatic rings. The molecule has 9 rings (SSSR count). The van der Waals surface area contributed by atoms with Crippen LogP contribution in [0.2, 0.25) is 0 Å². The maximum absolute atomic E-state index is 13.9. The van der Waals surface area contributed by atoms with E-state index in [9.17, 15) is 33.6 Å². The van der Waals surface area contributed by atoms with Crippen molar-refractivity contribution >= 4 is 51.7 Å². The summed E-state index contributed by atoms with van der Waals surface area (Å²) in [5.74, 6) is -1.15. The second-order valence-electron chi connectivity index (χ2n) is 17.4. The van der Waals surface area contributed by atoms with Crippen LogP contribution in [-0.2, 0) is 19.1 Å². The van der Waals surface area contributed by atoms with E-state index in [0.717, 1.165) is 6.42 Å². The zero-order chi connectivity index (χ0) is 46.8. The molecule has 67 heavy (non-hydrogen) atoms. The molecule has 2 aliphatic carbocycles. The first kappa shape index (κ1) is 44.6. The van der Waals surface area contributed by atoms with Gasteiger partial charge in [0.05, 0.1) is 42.8 Å². The van der Waals surface area contributed by atoms with Gasteiger partial charge in [-0.2, -0.15) is 0 Å². The van der Waals surface area contributed by atoms with Gasteiger partial charge in [-0.25, -0.2) is 19.2 Å². The number of esters is 3. The van der Waals surface area contributed by atoms with Gasteiger partial charge in [0.15, 0.2) is 0 Å². The minimum Gasteiger partial charge on any atom is -0.494 e. The largest absolute Gasteiger partial charge is 0.494 e. The molecule has 1 saturated heterocycles. The van der Waals surface area contributed by atoms with Crippen LogP contribution >= 0.6 is 0 Å². The molecule has 7 atom stereocenters. The predicted octanol–water partition coefficient (Wildman–Crippen LogP) is 7.65. The van der Waals surface area contributed by atoms with E-state index in [4.69, 9.17) is 32.5 Å². The number of imide groups is 1. The molecule has 344 valence electrons. The molecule has 15 nitrogen and oxygen atoms in total. The Kier molecular flexibility index (Phi) is 12.7. The number of nitrogens with zero attached hydrogens (tertiary/aromatic N) is 1. The highest BCUT2D eigenvalue weighted by atomic mass is 16.5. The van der Waals surface area contributed by atoms with E-state index >= 15 is 0 Å². The molecular formula is C52H47NO14. The Morgan fingerprint density at radius 1 is 0.597 bits per heavy atom. The first-order valence-corrected chi connectivity index (χ1v) is 22.4. The summed E-state index contributed by atoms with van der Waals surface area (Å²) in [6, 6.07) is 28.3. The Balaban J connectivity index is 0.681. The summed E-state index contributed by atoms with van der Waals surface area (Å²) in [6.45, 7) is 4.86. The summed E-state index contributed by atoms with van der Waals surface area (Å²) >= 11 is 0. The smallest absolute Gasteiger partial charge is 0.343 e. The normalized spacial score (nSPS) is 22.0. The number of fused-ring (bicyclic) bond motifs is 4. The highest BCUT2D eigenvalue weighted by Gasteiger charge is 2.60. The van der Waals surface area contributed by atoms with Gasteiger partial charge in [-0.05, 0) is 128 Å². The molecule has 5 unspecified atom stereocenters. The van der Waals surface area contributed by atoms with Crippen LogP contribution in [0.15, 0.2) is 128 Å². The zero-order valence-corrected chi connectivity index (χ0v) is 36.8. The maximum atomic E-state index is 13.9. The summed E-state index contributed by atoms with van der Waals surface area (Å²) < 4.78 is 38.6. The molecule has 2 amide bonds. The zero-order valence-electron chi connectivity index (χ0n) is 36.8. The number of hydrogen-bond donors (Lipinski definition) is 0. The van der Waals surface area contributed by atoms with Crippen LogP contribution in [0, 0.1) is 41.4 Å². The minimum absolute atomic E-state index is 0.00154. The standard InChI is InChI=1S/C52H47NO14/c1-29-40-25-35(26-41(40)52(60)63-24-4-23-62-37-15-9-34(10-16-37)51(59)65-39-18-6-32-12-20-45(55)67-43(32)28-39)46(29)47-30(2)48(56)53(49(47)57)21-3-22-61-36-13-7-33(8-14-36)50(58)64-38-17-5-31-11-19-44(54)66-42(31)27-38/h5-20,27-30,35,40-41,46-47H,3-4,21-26H2,1-2H3/t29?,30?,35-,40+,41?,46?,47?/m1/s1. The molecule has 0 N–H and O–H groups in total. The van der Waals surface area contributed by atoms with Gasteiger partial charge in [0.25, 0.3) is 0 Å². The average Bonchev–Trinajstić information content (AvgIpc) is 3.96. The van der Waals surface area contributed by atoms with Crippen LogP contribution in [0.4, 0.5) is 0 Å². The number of likely N-dealkylation sites (tertiary alicyclic amines) is 1. The van der Waals surface area contributed by atoms with Crippen molar-refractivity contribution in [3.05, 3.63) is 141 Å². The number of benzene rings is 4. The fourth-order valence-electron chi connectivity index (χ4n) is 10.1. The molecule has 0 radical (unpaired) electrons. The van der Waals surface area contributed by atoms with Crippen molar-refractivity contribution < 1.29 is 56.5 Å². The summed E-state index contributed by atoms with van der Waals surface area (Å²) in [5.41, 5.74) is 0.208.